The predicted octanol–water partition coefficient (Wildman–Crippen LogP) is 2.36. The fraction of sp³-hybridized carbons (Fsp3) is 0.429. The highest BCUT2D eigenvalue weighted by Gasteiger charge is 2.25. The smallest absolute Gasteiger partial charge is 0.326 e. The molecule has 0 radical (unpaired) electrons. The molecule has 2 atom stereocenters. The molecule has 104 valence electrons. The summed E-state index contributed by atoms with van der Waals surface area (Å²) in [6.45, 7) is 5.18. The molecule has 0 aliphatic heterocycles. The van der Waals surface area contributed by atoms with Crippen molar-refractivity contribution < 1.29 is 19.1 Å². The van der Waals surface area contributed by atoms with Crippen LogP contribution in [0.25, 0.3) is 0 Å². The Bertz CT molecular complexity index is 488. The number of halogens is 1. The highest BCUT2D eigenvalue weighted by molar-refractivity contribution is 5.96. The number of amides is 1. The lowest BCUT2D eigenvalue weighted by molar-refractivity contribution is -0.140. The molecule has 1 rings (SSSR count). The van der Waals surface area contributed by atoms with E-state index in [0.29, 0.717) is 12.0 Å². The van der Waals surface area contributed by atoms with Gasteiger partial charge in [-0.2, -0.15) is 0 Å². The van der Waals surface area contributed by atoms with Crippen LogP contribution in [0.2, 0.25) is 0 Å². The summed E-state index contributed by atoms with van der Waals surface area (Å²) in [4.78, 5) is 23.0. The van der Waals surface area contributed by atoms with Gasteiger partial charge in [-0.15, -0.1) is 0 Å². The van der Waals surface area contributed by atoms with Gasteiger partial charge in [0.1, 0.15) is 11.9 Å². The van der Waals surface area contributed by atoms with E-state index in [1.165, 1.54) is 12.1 Å². The standard InChI is InChI=1S/C14H18FNO3/c1-4-8(2)12(14(18)19)16-13(17)10-6-5-9(3)11(15)7-10/h5-8,12H,4H2,1-3H3,(H,16,17)(H,18,19). The third-order valence-electron chi connectivity index (χ3n) is 3.20. The van der Waals surface area contributed by atoms with Gasteiger partial charge in [0.2, 0.25) is 0 Å². The van der Waals surface area contributed by atoms with Crippen molar-refractivity contribution in [2.24, 2.45) is 5.92 Å². The quantitative estimate of drug-likeness (QED) is 0.860. The fourth-order valence-corrected chi connectivity index (χ4v) is 1.64. The summed E-state index contributed by atoms with van der Waals surface area (Å²) in [6.07, 6.45) is 0.625. The number of carbonyl (C=O) groups is 2. The number of carboxylic acids is 1. The van der Waals surface area contributed by atoms with Crippen LogP contribution in [0, 0.1) is 18.7 Å². The molecule has 0 saturated carbocycles. The second kappa shape index (κ2) is 6.31. The maximum absolute atomic E-state index is 13.4. The summed E-state index contributed by atoms with van der Waals surface area (Å²) in [5, 5.41) is 11.5. The molecule has 0 spiro atoms. The van der Waals surface area contributed by atoms with Gasteiger partial charge in [0, 0.05) is 5.56 Å². The number of benzene rings is 1. The summed E-state index contributed by atoms with van der Waals surface area (Å²) in [6, 6.07) is 3.11. The largest absolute Gasteiger partial charge is 0.480 e. The van der Waals surface area contributed by atoms with Crippen molar-refractivity contribution in [3.05, 3.63) is 35.1 Å². The molecule has 1 aromatic carbocycles. The number of carbonyl (C=O) groups excluding carboxylic acids is 1. The number of hydrogen-bond acceptors (Lipinski definition) is 2. The fourth-order valence-electron chi connectivity index (χ4n) is 1.64. The summed E-state index contributed by atoms with van der Waals surface area (Å²) >= 11 is 0. The number of carboxylic acid groups (broad SMARTS) is 1. The molecule has 0 aliphatic carbocycles. The van der Waals surface area contributed by atoms with E-state index in [1.807, 2.05) is 6.92 Å². The molecular weight excluding hydrogens is 249 g/mol. The van der Waals surface area contributed by atoms with E-state index in [-0.39, 0.29) is 11.5 Å². The zero-order valence-corrected chi connectivity index (χ0v) is 11.2. The minimum atomic E-state index is -1.09. The maximum atomic E-state index is 13.4. The monoisotopic (exact) mass is 267 g/mol. The van der Waals surface area contributed by atoms with Crippen LogP contribution in [0.15, 0.2) is 18.2 Å². The second-order valence-corrected chi connectivity index (χ2v) is 4.64. The van der Waals surface area contributed by atoms with Crippen molar-refractivity contribution in [3.63, 3.8) is 0 Å². The van der Waals surface area contributed by atoms with Gasteiger partial charge in [-0.05, 0) is 30.5 Å². The molecule has 0 saturated heterocycles. The van der Waals surface area contributed by atoms with Gasteiger partial charge >= 0.3 is 5.97 Å². The van der Waals surface area contributed by atoms with Crippen molar-refractivity contribution in [1.82, 2.24) is 5.32 Å². The average Bonchev–Trinajstić information content (AvgIpc) is 2.37. The summed E-state index contributed by atoms with van der Waals surface area (Å²) in [5.74, 6) is -2.35. The lowest BCUT2D eigenvalue weighted by Gasteiger charge is -2.20. The maximum Gasteiger partial charge on any atom is 0.326 e. The van der Waals surface area contributed by atoms with Crippen LogP contribution in [0.3, 0.4) is 0 Å². The molecule has 0 heterocycles. The van der Waals surface area contributed by atoms with Crippen LogP contribution in [0.4, 0.5) is 4.39 Å². The molecular formula is C14H18FNO3. The van der Waals surface area contributed by atoms with Crippen LogP contribution in [0.5, 0.6) is 0 Å². The second-order valence-electron chi connectivity index (χ2n) is 4.64. The molecule has 19 heavy (non-hydrogen) atoms. The minimum absolute atomic E-state index is 0.123. The third kappa shape index (κ3) is 3.77. The predicted molar refractivity (Wildman–Crippen MR) is 69.5 cm³/mol. The first-order chi connectivity index (χ1) is 8.86. The molecule has 2 unspecified atom stereocenters. The van der Waals surface area contributed by atoms with Crippen LogP contribution < -0.4 is 5.32 Å². The Labute approximate surface area is 111 Å². The lowest BCUT2D eigenvalue weighted by atomic mass is 9.99. The Kier molecular flexibility index (Phi) is 5.03. The van der Waals surface area contributed by atoms with Crippen molar-refractivity contribution in [2.75, 3.05) is 0 Å². The van der Waals surface area contributed by atoms with Crippen LogP contribution >= 0.6 is 0 Å². The van der Waals surface area contributed by atoms with Crippen LogP contribution in [-0.4, -0.2) is 23.0 Å². The van der Waals surface area contributed by atoms with Gasteiger partial charge in [-0.25, -0.2) is 9.18 Å². The normalized spacial score (nSPS) is 13.7. The number of aliphatic carboxylic acids is 1. The van der Waals surface area contributed by atoms with E-state index < -0.39 is 23.7 Å². The van der Waals surface area contributed by atoms with Gasteiger partial charge in [0.15, 0.2) is 0 Å². The molecule has 0 aromatic heterocycles. The first-order valence-electron chi connectivity index (χ1n) is 6.16. The van der Waals surface area contributed by atoms with E-state index in [4.69, 9.17) is 5.11 Å². The molecule has 0 fully saturated rings. The Balaban J connectivity index is 2.87. The Hall–Kier alpha value is -1.91. The van der Waals surface area contributed by atoms with Gasteiger partial charge in [0.05, 0.1) is 0 Å². The number of rotatable bonds is 5. The van der Waals surface area contributed by atoms with Gasteiger partial charge in [-0.1, -0.05) is 26.3 Å². The third-order valence-corrected chi connectivity index (χ3v) is 3.20. The van der Waals surface area contributed by atoms with E-state index in [0.717, 1.165) is 6.07 Å². The highest BCUT2D eigenvalue weighted by atomic mass is 19.1. The highest BCUT2D eigenvalue weighted by Crippen LogP contribution is 2.12. The van der Waals surface area contributed by atoms with Crippen molar-refractivity contribution in [3.8, 4) is 0 Å². The van der Waals surface area contributed by atoms with Crippen LogP contribution in [0.1, 0.15) is 36.2 Å². The number of hydrogen-bond donors (Lipinski definition) is 2. The minimum Gasteiger partial charge on any atom is -0.480 e. The van der Waals surface area contributed by atoms with E-state index in [1.54, 1.807) is 13.8 Å². The van der Waals surface area contributed by atoms with Crippen molar-refractivity contribution in [1.29, 1.82) is 0 Å². The SMILES string of the molecule is CCC(C)C(NC(=O)c1ccc(C)c(F)c1)C(=O)O. The summed E-state index contributed by atoms with van der Waals surface area (Å²) in [5.41, 5.74) is 0.561. The molecule has 4 nitrogen and oxygen atoms in total. The molecule has 1 amide bonds. The van der Waals surface area contributed by atoms with Gasteiger partial charge < -0.3 is 10.4 Å². The lowest BCUT2D eigenvalue weighted by Crippen LogP contribution is -2.45. The summed E-state index contributed by atoms with van der Waals surface area (Å²) < 4.78 is 13.4. The van der Waals surface area contributed by atoms with Crippen LogP contribution in [-0.2, 0) is 4.79 Å². The Morgan fingerprint density at radius 3 is 2.53 bits per heavy atom. The zero-order valence-electron chi connectivity index (χ0n) is 11.2. The topological polar surface area (TPSA) is 66.4 Å². The van der Waals surface area contributed by atoms with E-state index >= 15 is 0 Å². The molecule has 1 aromatic rings. The Morgan fingerprint density at radius 2 is 2.05 bits per heavy atom. The number of aryl methyl sites for hydroxylation is 1. The average molecular weight is 267 g/mol. The van der Waals surface area contributed by atoms with Gasteiger partial charge in [0.25, 0.3) is 5.91 Å². The first-order valence-corrected chi connectivity index (χ1v) is 6.16. The van der Waals surface area contributed by atoms with Gasteiger partial charge in [-0.3, -0.25) is 4.79 Å². The van der Waals surface area contributed by atoms with E-state index in [2.05, 4.69) is 5.32 Å². The zero-order chi connectivity index (χ0) is 14.6. The molecule has 0 aliphatic rings. The Morgan fingerprint density at radius 1 is 1.42 bits per heavy atom. The first kappa shape index (κ1) is 15.1. The molecule has 2 N–H and O–H groups in total. The molecule has 5 heteroatoms. The van der Waals surface area contributed by atoms with Crippen molar-refractivity contribution >= 4 is 11.9 Å². The molecule has 0 bridgehead atoms. The number of nitrogens with one attached hydrogen (secondary N) is 1. The van der Waals surface area contributed by atoms with E-state index in [9.17, 15) is 14.0 Å². The van der Waals surface area contributed by atoms with Crippen molar-refractivity contribution in [2.45, 2.75) is 33.2 Å². The summed E-state index contributed by atoms with van der Waals surface area (Å²) in [7, 11) is 0.